The molecule has 10 nitrogen and oxygen atoms in total. The minimum Gasteiger partial charge on any atom is -0.480 e. The number of anilines is 1. The highest BCUT2D eigenvalue weighted by Crippen LogP contribution is 2.33. The van der Waals surface area contributed by atoms with Gasteiger partial charge in [0.2, 0.25) is 5.91 Å². The van der Waals surface area contributed by atoms with Crippen LogP contribution in [0.3, 0.4) is 0 Å². The van der Waals surface area contributed by atoms with Crippen LogP contribution in [0.2, 0.25) is 10.0 Å². The van der Waals surface area contributed by atoms with Crippen LogP contribution in [0.25, 0.3) is 11.1 Å². The van der Waals surface area contributed by atoms with Gasteiger partial charge in [0.15, 0.2) is 5.96 Å². The van der Waals surface area contributed by atoms with Crippen LogP contribution in [0.4, 0.5) is 5.69 Å². The zero-order valence-corrected chi connectivity index (χ0v) is 23.5. The molecule has 0 radical (unpaired) electrons. The van der Waals surface area contributed by atoms with Crippen molar-refractivity contribution in [3.8, 4) is 11.1 Å². The monoisotopic (exact) mass is 596 g/mol. The lowest BCUT2D eigenvalue weighted by atomic mass is 9.87. The minimum atomic E-state index is -1.41. The zero-order valence-electron chi connectivity index (χ0n) is 22.0. The van der Waals surface area contributed by atoms with Gasteiger partial charge in [-0.25, -0.2) is 4.79 Å². The fraction of sp³-hybridized carbons (Fsp3) is 0.241. The number of hydrogen-bond donors (Lipinski definition) is 7. The van der Waals surface area contributed by atoms with E-state index in [0.29, 0.717) is 11.3 Å². The first-order chi connectivity index (χ1) is 19.6. The van der Waals surface area contributed by atoms with Gasteiger partial charge in [0.05, 0.1) is 22.2 Å². The molecular formula is C29H30Cl2N6O4. The van der Waals surface area contributed by atoms with Gasteiger partial charge >= 0.3 is 5.97 Å². The van der Waals surface area contributed by atoms with Crippen molar-refractivity contribution in [3.05, 3.63) is 87.4 Å². The Morgan fingerprint density at radius 2 is 1.73 bits per heavy atom. The second-order valence-electron chi connectivity index (χ2n) is 9.63. The molecule has 0 fully saturated rings. The topological polar surface area (TPSA) is 169 Å². The number of nitrogens with one attached hydrogen (secondary N) is 5. The SMILES string of the molecule is N=C(N)Nc1ccc2c(c1)C(NCC(=O)NCC(NC(=O)c1c(Cl)cc(-c3ccccc3)cc1Cl)C(=O)O)CCC2. The predicted octanol–water partition coefficient (Wildman–Crippen LogP) is 3.93. The maximum absolute atomic E-state index is 12.9. The van der Waals surface area contributed by atoms with Crippen LogP contribution >= 0.6 is 23.2 Å². The molecule has 3 aromatic carbocycles. The van der Waals surface area contributed by atoms with E-state index < -0.39 is 23.8 Å². The Morgan fingerprint density at radius 3 is 2.39 bits per heavy atom. The van der Waals surface area contributed by atoms with Crippen LogP contribution in [0.1, 0.15) is 40.4 Å². The van der Waals surface area contributed by atoms with E-state index in [4.69, 9.17) is 34.3 Å². The molecule has 214 valence electrons. The van der Waals surface area contributed by atoms with Crippen LogP contribution < -0.4 is 27.0 Å². The lowest BCUT2D eigenvalue weighted by Crippen LogP contribution is -2.49. The Morgan fingerprint density at radius 1 is 1.02 bits per heavy atom. The van der Waals surface area contributed by atoms with Crippen LogP contribution in [-0.2, 0) is 16.0 Å². The summed E-state index contributed by atoms with van der Waals surface area (Å²) in [6.07, 6.45) is 2.65. The average Bonchev–Trinajstić information content (AvgIpc) is 2.93. The Labute approximate surface area is 247 Å². The van der Waals surface area contributed by atoms with Gasteiger partial charge in [-0.1, -0.05) is 59.6 Å². The van der Waals surface area contributed by atoms with E-state index in [-0.39, 0.29) is 40.7 Å². The number of carboxylic acids is 1. The van der Waals surface area contributed by atoms with Gasteiger partial charge in [0.25, 0.3) is 5.91 Å². The molecule has 12 heteroatoms. The second kappa shape index (κ2) is 13.5. The van der Waals surface area contributed by atoms with Crippen molar-refractivity contribution in [1.82, 2.24) is 16.0 Å². The summed E-state index contributed by atoms with van der Waals surface area (Å²) in [5.74, 6) is -2.70. The molecule has 0 bridgehead atoms. The van der Waals surface area contributed by atoms with Crippen molar-refractivity contribution in [2.45, 2.75) is 31.3 Å². The van der Waals surface area contributed by atoms with Crippen LogP contribution in [0.15, 0.2) is 60.7 Å². The molecular weight excluding hydrogens is 567 g/mol. The number of carboxylic acid groups (broad SMARTS) is 1. The quantitative estimate of drug-likeness (QED) is 0.137. The number of amides is 2. The van der Waals surface area contributed by atoms with E-state index in [1.54, 1.807) is 12.1 Å². The van der Waals surface area contributed by atoms with Gasteiger partial charge in [0, 0.05) is 18.3 Å². The number of fused-ring (bicyclic) bond motifs is 1. The predicted molar refractivity (Wildman–Crippen MR) is 159 cm³/mol. The molecule has 1 aliphatic rings. The third kappa shape index (κ3) is 7.75. The standard InChI is InChI=1S/C29H30Cl2N6O4/c30-21-11-18(16-5-2-1-3-6-16)12-22(31)26(21)27(39)37-24(28(40)41)14-35-25(38)15-34-23-8-4-7-17-9-10-19(13-20(17)23)36-29(32)33/h1-3,5-6,9-13,23-24,34H,4,7-8,14-15H2,(H,35,38)(H,37,39)(H,40,41)(H4,32,33,36). The van der Waals surface area contributed by atoms with Gasteiger partial charge in [-0.3, -0.25) is 15.0 Å². The summed E-state index contributed by atoms with van der Waals surface area (Å²) in [6.45, 7) is -0.403. The molecule has 0 spiro atoms. The Hall–Kier alpha value is -4.12. The maximum atomic E-state index is 12.9. The van der Waals surface area contributed by atoms with Gasteiger partial charge in [0.1, 0.15) is 6.04 Å². The van der Waals surface area contributed by atoms with Crippen molar-refractivity contribution >= 4 is 52.6 Å². The van der Waals surface area contributed by atoms with E-state index in [9.17, 15) is 19.5 Å². The summed E-state index contributed by atoms with van der Waals surface area (Å²) in [4.78, 5) is 37.4. The highest BCUT2D eigenvalue weighted by atomic mass is 35.5. The molecule has 0 aromatic heterocycles. The summed E-state index contributed by atoms with van der Waals surface area (Å²) in [6, 6.07) is 16.7. The fourth-order valence-corrected chi connectivity index (χ4v) is 5.42. The second-order valence-corrected chi connectivity index (χ2v) is 10.4. The zero-order chi connectivity index (χ0) is 29.5. The largest absolute Gasteiger partial charge is 0.480 e. The van der Waals surface area contributed by atoms with Crippen molar-refractivity contribution in [2.24, 2.45) is 5.73 Å². The molecule has 2 unspecified atom stereocenters. The fourth-order valence-electron chi connectivity index (χ4n) is 4.76. The number of carbonyl (C=O) groups excluding carboxylic acids is 2. The number of nitrogens with two attached hydrogens (primary N) is 1. The van der Waals surface area contributed by atoms with E-state index in [1.165, 1.54) is 0 Å². The molecule has 0 heterocycles. The first kappa shape index (κ1) is 29.9. The van der Waals surface area contributed by atoms with Crippen LogP contribution in [0.5, 0.6) is 0 Å². The lowest BCUT2D eigenvalue weighted by Gasteiger charge is -2.27. The summed E-state index contributed by atoms with van der Waals surface area (Å²) < 4.78 is 0. The number of benzene rings is 3. The lowest BCUT2D eigenvalue weighted by molar-refractivity contribution is -0.139. The average molecular weight is 598 g/mol. The van der Waals surface area contributed by atoms with Gasteiger partial charge in [-0.2, -0.15) is 0 Å². The molecule has 4 rings (SSSR count). The molecule has 1 aliphatic carbocycles. The number of rotatable bonds is 10. The Bertz CT molecular complexity index is 1440. The normalized spacial score (nSPS) is 14.8. The molecule has 0 aliphatic heterocycles. The molecule has 2 amide bonds. The molecule has 0 saturated heterocycles. The maximum Gasteiger partial charge on any atom is 0.328 e. The summed E-state index contributed by atoms with van der Waals surface area (Å²) in [7, 11) is 0. The summed E-state index contributed by atoms with van der Waals surface area (Å²) >= 11 is 12.7. The van der Waals surface area contributed by atoms with Crippen molar-refractivity contribution in [2.75, 3.05) is 18.4 Å². The number of aryl methyl sites for hydroxylation is 1. The number of guanidine groups is 1. The number of carbonyl (C=O) groups is 3. The molecule has 2 atom stereocenters. The number of hydrogen-bond acceptors (Lipinski definition) is 5. The van der Waals surface area contributed by atoms with Crippen LogP contribution in [-0.4, -0.2) is 48.0 Å². The smallest absolute Gasteiger partial charge is 0.328 e. The molecule has 0 saturated carbocycles. The first-order valence-corrected chi connectivity index (χ1v) is 13.7. The summed E-state index contributed by atoms with van der Waals surface area (Å²) in [5, 5.41) is 28.2. The minimum absolute atomic E-state index is 0.0538. The molecule has 3 aromatic rings. The Kier molecular flexibility index (Phi) is 9.82. The third-order valence-corrected chi connectivity index (χ3v) is 7.33. The van der Waals surface area contributed by atoms with E-state index in [0.717, 1.165) is 36.0 Å². The number of halogens is 2. The number of aliphatic carboxylic acids is 1. The van der Waals surface area contributed by atoms with Gasteiger partial charge in [-0.05, 0) is 65.8 Å². The molecule has 41 heavy (non-hydrogen) atoms. The highest BCUT2D eigenvalue weighted by molar-refractivity contribution is 6.40. The van der Waals surface area contributed by atoms with E-state index >= 15 is 0 Å². The highest BCUT2D eigenvalue weighted by Gasteiger charge is 2.25. The van der Waals surface area contributed by atoms with Crippen molar-refractivity contribution in [1.29, 1.82) is 5.41 Å². The Balaban J connectivity index is 1.35. The van der Waals surface area contributed by atoms with Gasteiger partial charge in [-0.15, -0.1) is 0 Å². The van der Waals surface area contributed by atoms with Gasteiger partial charge < -0.3 is 32.1 Å². The van der Waals surface area contributed by atoms with E-state index in [2.05, 4.69) is 21.3 Å². The summed E-state index contributed by atoms with van der Waals surface area (Å²) in [5.41, 5.74) is 9.79. The third-order valence-electron chi connectivity index (χ3n) is 6.73. The first-order valence-electron chi connectivity index (χ1n) is 12.9. The van der Waals surface area contributed by atoms with Crippen molar-refractivity contribution in [3.63, 3.8) is 0 Å². The van der Waals surface area contributed by atoms with E-state index in [1.807, 2.05) is 48.5 Å². The van der Waals surface area contributed by atoms with Crippen LogP contribution in [0, 0.1) is 5.41 Å². The van der Waals surface area contributed by atoms with Crippen molar-refractivity contribution < 1.29 is 19.5 Å². The molecule has 8 N–H and O–H groups in total.